The van der Waals surface area contributed by atoms with Crippen molar-refractivity contribution >= 4 is 23.3 Å². The van der Waals surface area contributed by atoms with Gasteiger partial charge in [0.1, 0.15) is 11.5 Å². The Hall–Kier alpha value is -1.33. The third-order valence-corrected chi connectivity index (χ3v) is 4.35. The summed E-state index contributed by atoms with van der Waals surface area (Å²) in [7, 11) is 1.82. The van der Waals surface area contributed by atoms with Gasteiger partial charge in [-0.2, -0.15) is 0 Å². The molecule has 0 radical (unpaired) electrons. The fraction of sp³-hybridized carbons (Fsp3) is 0.571. The molecule has 1 aromatic heterocycles. The number of pyridine rings is 1. The van der Waals surface area contributed by atoms with Crippen LogP contribution in [0.2, 0.25) is 5.02 Å². The van der Waals surface area contributed by atoms with E-state index in [9.17, 15) is 4.79 Å². The van der Waals surface area contributed by atoms with Crippen LogP contribution in [0.15, 0.2) is 12.1 Å². The molecule has 1 aliphatic carbocycles. The Bertz CT molecular complexity index is 486. The monoisotopic (exact) mass is 296 g/mol. The predicted molar refractivity (Wildman–Crippen MR) is 80.6 cm³/mol. The molecule has 110 valence electrons. The molecule has 0 aromatic carbocycles. The molecular weight excluding hydrogens is 276 g/mol. The summed E-state index contributed by atoms with van der Waals surface area (Å²) in [5, 5.41) is 0.352. The number of hydrogen-bond donors (Lipinski definition) is 2. The third-order valence-electron chi connectivity index (χ3n) is 4.05. The Kier molecular flexibility index (Phi) is 4.83. The van der Waals surface area contributed by atoms with Crippen LogP contribution in [0.1, 0.15) is 43.1 Å². The summed E-state index contributed by atoms with van der Waals surface area (Å²) in [6, 6.07) is 3.54. The van der Waals surface area contributed by atoms with Crippen molar-refractivity contribution < 1.29 is 4.79 Å². The lowest BCUT2D eigenvalue weighted by Gasteiger charge is -2.33. The standard InChI is InChI=1S/C14H21ClN4O/c1-9-3-5-10(6-4-9)19(2)14(20)13-11(15)7-8-12(17-13)18-16/h7-10H,3-6,16H2,1-2H3,(H,17,18). The minimum atomic E-state index is -0.147. The zero-order chi connectivity index (χ0) is 14.7. The number of amides is 1. The van der Waals surface area contributed by atoms with Crippen molar-refractivity contribution in [2.45, 2.75) is 38.6 Å². The van der Waals surface area contributed by atoms with Gasteiger partial charge < -0.3 is 10.3 Å². The topological polar surface area (TPSA) is 71.2 Å². The summed E-state index contributed by atoms with van der Waals surface area (Å²) in [5.41, 5.74) is 2.69. The molecule has 5 nitrogen and oxygen atoms in total. The molecule has 0 spiro atoms. The van der Waals surface area contributed by atoms with Gasteiger partial charge in [0.25, 0.3) is 5.91 Å². The van der Waals surface area contributed by atoms with Crippen molar-refractivity contribution in [3.05, 3.63) is 22.8 Å². The molecule has 0 aliphatic heterocycles. The van der Waals surface area contributed by atoms with Crippen LogP contribution in [0.5, 0.6) is 0 Å². The van der Waals surface area contributed by atoms with Crippen LogP contribution in [0, 0.1) is 5.92 Å². The lowest BCUT2D eigenvalue weighted by Crippen LogP contribution is -2.39. The average molecular weight is 297 g/mol. The first-order chi connectivity index (χ1) is 9.52. The van der Waals surface area contributed by atoms with Gasteiger partial charge in [0.05, 0.1) is 5.02 Å². The van der Waals surface area contributed by atoms with Crippen molar-refractivity contribution in [1.82, 2.24) is 9.88 Å². The number of anilines is 1. The maximum atomic E-state index is 12.5. The normalized spacial score (nSPS) is 22.4. The molecule has 0 saturated heterocycles. The zero-order valence-electron chi connectivity index (χ0n) is 11.9. The van der Waals surface area contributed by atoms with E-state index in [2.05, 4.69) is 17.3 Å². The van der Waals surface area contributed by atoms with Crippen molar-refractivity contribution in [3.8, 4) is 0 Å². The Morgan fingerprint density at radius 3 is 2.65 bits per heavy atom. The van der Waals surface area contributed by atoms with Crippen molar-refractivity contribution in [1.29, 1.82) is 0 Å². The molecule has 6 heteroatoms. The number of hydrogen-bond acceptors (Lipinski definition) is 4. The number of carbonyl (C=O) groups excluding carboxylic acids is 1. The van der Waals surface area contributed by atoms with Gasteiger partial charge in [-0.25, -0.2) is 10.8 Å². The highest BCUT2D eigenvalue weighted by atomic mass is 35.5. The molecule has 0 bridgehead atoms. The Morgan fingerprint density at radius 2 is 2.05 bits per heavy atom. The molecule has 1 aliphatic rings. The fourth-order valence-corrected chi connectivity index (χ4v) is 2.82. The van der Waals surface area contributed by atoms with E-state index >= 15 is 0 Å². The second-order valence-corrected chi connectivity index (χ2v) is 5.91. The summed E-state index contributed by atoms with van der Waals surface area (Å²) in [4.78, 5) is 18.5. The summed E-state index contributed by atoms with van der Waals surface area (Å²) in [6.45, 7) is 2.26. The van der Waals surface area contributed by atoms with E-state index in [0.29, 0.717) is 10.8 Å². The Labute approximate surface area is 124 Å². The molecule has 1 amide bonds. The quantitative estimate of drug-likeness (QED) is 0.664. The van der Waals surface area contributed by atoms with Gasteiger partial charge in [-0.3, -0.25) is 4.79 Å². The van der Waals surface area contributed by atoms with Gasteiger partial charge in [0, 0.05) is 13.1 Å². The highest BCUT2D eigenvalue weighted by Crippen LogP contribution is 2.28. The van der Waals surface area contributed by atoms with Gasteiger partial charge in [0.2, 0.25) is 0 Å². The number of aromatic nitrogens is 1. The highest BCUT2D eigenvalue weighted by molar-refractivity contribution is 6.33. The maximum Gasteiger partial charge on any atom is 0.274 e. The van der Waals surface area contributed by atoms with Crippen LogP contribution in [-0.4, -0.2) is 28.9 Å². The molecule has 2 rings (SSSR count). The van der Waals surface area contributed by atoms with E-state index in [4.69, 9.17) is 17.4 Å². The Balaban J connectivity index is 2.14. The predicted octanol–water partition coefficient (Wildman–Crippen LogP) is 2.67. The molecule has 20 heavy (non-hydrogen) atoms. The number of rotatable bonds is 3. The van der Waals surface area contributed by atoms with E-state index in [1.165, 1.54) is 0 Å². The zero-order valence-corrected chi connectivity index (χ0v) is 12.7. The van der Waals surface area contributed by atoms with Crippen molar-refractivity contribution in [3.63, 3.8) is 0 Å². The summed E-state index contributed by atoms with van der Waals surface area (Å²) in [6.07, 6.45) is 4.40. The smallest absolute Gasteiger partial charge is 0.274 e. The third kappa shape index (κ3) is 3.22. The molecular formula is C14H21ClN4O. The lowest BCUT2D eigenvalue weighted by molar-refractivity contribution is 0.0674. The summed E-state index contributed by atoms with van der Waals surface area (Å²) >= 11 is 6.08. The van der Waals surface area contributed by atoms with Crippen LogP contribution in [-0.2, 0) is 0 Å². The molecule has 1 fully saturated rings. The van der Waals surface area contributed by atoms with Crippen molar-refractivity contribution in [2.24, 2.45) is 11.8 Å². The Morgan fingerprint density at radius 1 is 1.40 bits per heavy atom. The van der Waals surface area contributed by atoms with Crippen LogP contribution >= 0.6 is 11.6 Å². The van der Waals surface area contributed by atoms with Gasteiger partial charge in [-0.05, 0) is 43.7 Å². The number of nitrogens with two attached hydrogens (primary N) is 1. The summed E-state index contributed by atoms with van der Waals surface area (Å²) in [5.74, 6) is 6.36. The maximum absolute atomic E-state index is 12.5. The van der Waals surface area contributed by atoms with E-state index in [1.54, 1.807) is 17.0 Å². The SMILES string of the molecule is CC1CCC(N(C)C(=O)c2nc(NN)ccc2Cl)CC1. The van der Waals surface area contributed by atoms with Gasteiger partial charge in [-0.1, -0.05) is 18.5 Å². The van der Waals surface area contributed by atoms with E-state index in [0.717, 1.165) is 31.6 Å². The summed E-state index contributed by atoms with van der Waals surface area (Å²) < 4.78 is 0. The number of carbonyl (C=O) groups is 1. The minimum Gasteiger partial charge on any atom is -0.337 e. The first-order valence-electron chi connectivity index (χ1n) is 6.93. The number of halogens is 1. The number of nitrogens with zero attached hydrogens (tertiary/aromatic N) is 2. The van der Waals surface area contributed by atoms with Crippen LogP contribution in [0.4, 0.5) is 5.82 Å². The largest absolute Gasteiger partial charge is 0.337 e. The lowest BCUT2D eigenvalue weighted by atomic mass is 9.86. The van der Waals surface area contributed by atoms with Crippen LogP contribution in [0.3, 0.4) is 0 Å². The van der Waals surface area contributed by atoms with Gasteiger partial charge in [0.15, 0.2) is 0 Å². The van der Waals surface area contributed by atoms with Crippen LogP contribution < -0.4 is 11.3 Å². The first kappa shape index (κ1) is 15.1. The molecule has 1 aromatic rings. The van der Waals surface area contributed by atoms with Crippen molar-refractivity contribution in [2.75, 3.05) is 12.5 Å². The van der Waals surface area contributed by atoms with E-state index in [-0.39, 0.29) is 17.6 Å². The van der Waals surface area contributed by atoms with E-state index in [1.807, 2.05) is 7.05 Å². The van der Waals surface area contributed by atoms with Gasteiger partial charge in [-0.15, -0.1) is 0 Å². The van der Waals surface area contributed by atoms with Crippen LogP contribution in [0.25, 0.3) is 0 Å². The van der Waals surface area contributed by atoms with E-state index < -0.39 is 0 Å². The molecule has 1 saturated carbocycles. The highest BCUT2D eigenvalue weighted by Gasteiger charge is 2.27. The number of hydrazine groups is 1. The molecule has 0 atom stereocenters. The fourth-order valence-electron chi connectivity index (χ4n) is 2.64. The number of nitrogens with one attached hydrogen (secondary N) is 1. The van der Waals surface area contributed by atoms with Gasteiger partial charge >= 0.3 is 0 Å². The second-order valence-electron chi connectivity index (χ2n) is 5.50. The first-order valence-corrected chi connectivity index (χ1v) is 7.31. The molecule has 0 unspecified atom stereocenters. The minimum absolute atomic E-state index is 0.147. The molecule has 1 heterocycles. The second kappa shape index (κ2) is 6.41. The number of nitrogen functional groups attached to an aromatic ring is 1. The average Bonchev–Trinajstić information content (AvgIpc) is 2.47. The molecule has 3 N–H and O–H groups in total.